The third-order valence-electron chi connectivity index (χ3n) is 1.91. The van der Waals surface area contributed by atoms with E-state index in [1.807, 2.05) is 13.8 Å². The van der Waals surface area contributed by atoms with Gasteiger partial charge in [0.05, 0.1) is 0 Å². The first-order valence-electron chi connectivity index (χ1n) is 5.13. The molecule has 16 heavy (non-hydrogen) atoms. The van der Waals surface area contributed by atoms with E-state index in [1.54, 1.807) is 0 Å². The SMILES string of the molecule is CC(C)CC(=O)N[C@H](CCC(N)=O)C(=O)O. The maximum absolute atomic E-state index is 11.3. The molecular weight excluding hydrogens is 212 g/mol. The van der Waals surface area contributed by atoms with Crippen LogP contribution in [-0.4, -0.2) is 28.9 Å². The van der Waals surface area contributed by atoms with Crippen molar-refractivity contribution in [3.8, 4) is 0 Å². The number of nitrogens with one attached hydrogen (secondary N) is 1. The number of nitrogens with two attached hydrogens (primary N) is 1. The number of aliphatic carboxylic acids is 1. The number of amides is 2. The largest absolute Gasteiger partial charge is 0.480 e. The van der Waals surface area contributed by atoms with Crippen LogP contribution < -0.4 is 11.1 Å². The molecular formula is C10H18N2O4. The summed E-state index contributed by atoms with van der Waals surface area (Å²) in [6.07, 6.45) is 0.230. The second-order valence-electron chi connectivity index (χ2n) is 4.06. The van der Waals surface area contributed by atoms with Gasteiger partial charge in [-0.05, 0) is 12.3 Å². The van der Waals surface area contributed by atoms with Crippen molar-refractivity contribution in [2.24, 2.45) is 11.7 Å². The zero-order valence-electron chi connectivity index (χ0n) is 9.53. The minimum Gasteiger partial charge on any atom is -0.480 e. The zero-order valence-corrected chi connectivity index (χ0v) is 9.53. The lowest BCUT2D eigenvalue weighted by Crippen LogP contribution is -2.41. The molecule has 0 radical (unpaired) electrons. The van der Waals surface area contributed by atoms with E-state index in [2.05, 4.69) is 5.32 Å². The van der Waals surface area contributed by atoms with Gasteiger partial charge in [0, 0.05) is 12.8 Å². The molecule has 0 rings (SSSR count). The quantitative estimate of drug-likeness (QED) is 0.565. The Morgan fingerprint density at radius 2 is 1.88 bits per heavy atom. The predicted octanol–water partition coefficient (Wildman–Crippen LogP) is -0.133. The van der Waals surface area contributed by atoms with Gasteiger partial charge in [0.15, 0.2) is 0 Å². The molecule has 6 nitrogen and oxygen atoms in total. The fraction of sp³-hybridized carbons (Fsp3) is 0.700. The van der Waals surface area contributed by atoms with E-state index >= 15 is 0 Å². The number of hydrogen-bond donors (Lipinski definition) is 3. The van der Waals surface area contributed by atoms with Crippen molar-refractivity contribution in [1.82, 2.24) is 5.32 Å². The molecule has 0 bridgehead atoms. The second kappa shape index (κ2) is 6.81. The Bertz CT molecular complexity index is 276. The number of carboxylic acid groups (broad SMARTS) is 1. The summed E-state index contributed by atoms with van der Waals surface area (Å²) in [7, 11) is 0. The number of carbonyl (C=O) groups is 3. The highest BCUT2D eigenvalue weighted by Gasteiger charge is 2.20. The number of primary amides is 1. The van der Waals surface area contributed by atoms with Crippen molar-refractivity contribution in [3.05, 3.63) is 0 Å². The fourth-order valence-corrected chi connectivity index (χ4v) is 1.17. The highest BCUT2D eigenvalue weighted by atomic mass is 16.4. The van der Waals surface area contributed by atoms with E-state index in [0.717, 1.165) is 0 Å². The van der Waals surface area contributed by atoms with Gasteiger partial charge in [-0.15, -0.1) is 0 Å². The lowest BCUT2D eigenvalue weighted by atomic mass is 10.1. The number of carbonyl (C=O) groups excluding carboxylic acids is 2. The van der Waals surface area contributed by atoms with Crippen LogP contribution in [0.15, 0.2) is 0 Å². The first kappa shape index (κ1) is 14.4. The van der Waals surface area contributed by atoms with Crippen LogP contribution >= 0.6 is 0 Å². The highest BCUT2D eigenvalue weighted by molar-refractivity contribution is 5.84. The molecule has 0 aromatic rings. The Morgan fingerprint density at radius 1 is 1.31 bits per heavy atom. The standard InChI is InChI=1S/C10H18N2O4/c1-6(2)5-9(14)12-7(10(15)16)3-4-8(11)13/h6-7H,3-5H2,1-2H3,(H2,11,13)(H,12,14)(H,15,16)/t7-/m1/s1. The van der Waals surface area contributed by atoms with Gasteiger partial charge < -0.3 is 16.2 Å². The molecule has 0 unspecified atom stereocenters. The van der Waals surface area contributed by atoms with Crippen molar-refractivity contribution in [1.29, 1.82) is 0 Å². The highest BCUT2D eigenvalue weighted by Crippen LogP contribution is 2.02. The summed E-state index contributed by atoms with van der Waals surface area (Å²) in [4.78, 5) is 32.6. The lowest BCUT2D eigenvalue weighted by Gasteiger charge is -2.14. The van der Waals surface area contributed by atoms with E-state index in [9.17, 15) is 14.4 Å². The Morgan fingerprint density at radius 3 is 2.25 bits per heavy atom. The molecule has 6 heteroatoms. The average Bonchev–Trinajstić information content (AvgIpc) is 2.09. The van der Waals surface area contributed by atoms with Crippen LogP contribution in [-0.2, 0) is 14.4 Å². The Labute approximate surface area is 94.2 Å². The van der Waals surface area contributed by atoms with E-state index < -0.39 is 17.9 Å². The topological polar surface area (TPSA) is 109 Å². The van der Waals surface area contributed by atoms with Gasteiger partial charge in [-0.2, -0.15) is 0 Å². The summed E-state index contributed by atoms with van der Waals surface area (Å²) in [5.74, 6) is -1.90. The Kier molecular flexibility index (Phi) is 6.14. The fourth-order valence-electron chi connectivity index (χ4n) is 1.17. The summed E-state index contributed by atoms with van der Waals surface area (Å²) in [6.45, 7) is 3.72. The number of carboxylic acids is 1. The molecule has 92 valence electrons. The number of rotatable bonds is 7. The van der Waals surface area contributed by atoms with E-state index in [1.165, 1.54) is 0 Å². The van der Waals surface area contributed by atoms with Crippen molar-refractivity contribution >= 4 is 17.8 Å². The summed E-state index contributed by atoms with van der Waals surface area (Å²) in [5.41, 5.74) is 4.91. The van der Waals surface area contributed by atoms with Gasteiger partial charge in [-0.1, -0.05) is 13.8 Å². The monoisotopic (exact) mass is 230 g/mol. The van der Waals surface area contributed by atoms with Crippen LogP contribution in [0.3, 0.4) is 0 Å². The first-order valence-corrected chi connectivity index (χ1v) is 5.13. The van der Waals surface area contributed by atoms with E-state index in [-0.39, 0.29) is 31.1 Å². The minimum atomic E-state index is -1.15. The van der Waals surface area contributed by atoms with Gasteiger partial charge >= 0.3 is 5.97 Å². The van der Waals surface area contributed by atoms with Crippen LogP contribution in [0.25, 0.3) is 0 Å². The molecule has 2 amide bonds. The predicted molar refractivity (Wildman–Crippen MR) is 57.4 cm³/mol. The summed E-state index contributed by atoms with van der Waals surface area (Å²) in [5, 5.41) is 11.2. The zero-order chi connectivity index (χ0) is 12.7. The molecule has 0 aliphatic carbocycles. The van der Waals surface area contributed by atoms with Gasteiger partial charge in [0.2, 0.25) is 11.8 Å². The molecule has 0 aromatic carbocycles. The van der Waals surface area contributed by atoms with Crippen LogP contribution in [0.1, 0.15) is 33.1 Å². The van der Waals surface area contributed by atoms with E-state index in [4.69, 9.17) is 10.8 Å². The van der Waals surface area contributed by atoms with Crippen molar-refractivity contribution < 1.29 is 19.5 Å². The maximum atomic E-state index is 11.3. The van der Waals surface area contributed by atoms with E-state index in [0.29, 0.717) is 0 Å². The van der Waals surface area contributed by atoms with Crippen LogP contribution in [0.2, 0.25) is 0 Å². The molecule has 0 heterocycles. The van der Waals surface area contributed by atoms with Crippen LogP contribution in [0, 0.1) is 5.92 Å². The van der Waals surface area contributed by atoms with Gasteiger partial charge in [0.1, 0.15) is 6.04 Å². The normalized spacial score (nSPS) is 12.2. The molecule has 0 aliphatic heterocycles. The maximum Gasteiger partial charge on any atom is 0.326 e. The van der Waals surface area contributed by atoms with Crippen LogP contribution in [0.5, 0.6) is 0 Å². The molecule has 0 saturated heterocycles. The molecule has 0 saturated carbocycles. The Hall–Kier alpha value is -1.59. The minimum absolute atomic E-state index is 0.0223. The smallest absolute Gasteiger partial charge is 0.326 e. The number of hydrogen-bond acceptors (Lipinski definition) is 3. The van der Waals surface area contributed by atoms with Crippen molar-refractivity contribution in [3.63, 3.8) is 0 Å². The van der Waals surface area contributed by atoms with Crippen molar-refractivity contribution in [2.75, 3.05) is 0 Å². The molecule has 0 aromatic heterocycles. The molecule has 0 aliphatic rings. The first-order chi connectivity index (χ1) is 7.32. The third kappa shape index (κ3) is 6.80. The molecule has 0 fully saturated rings. The van der Waals surface area contributed by atoms with Crippen LogP contribution in [0.4, 0.5) is 0 Å². The third-order valence-corrected chi connectivity index (χ3v) is 1.91. The molecule has 1 atom stereocenters. The molecule has 4 N–H and O–H groups in total. The summed E-state index contributed by atoms with van der Waals surface area (Å²) < 4.78 is 0. The Balaban J connectivity index is 4.17. The average molecular weight is 230 g/mol. The van der Waals surface area contributed by atoms with Gasteiger partial charge in [-0.25, -0.2) is 4.79 Å². The lowest BCUT2D eigenvalue weighted by molar-refractivity contribution is -0.142. The summed E-state index contributed by atoms with van der Waals surface area (Å²) in [6, 6.07) is -1.04. The second-order valence-corrected chi connectivity index (χ2v) is 4.06. The van der Waals surface area contributed by atoms with Crippen molar-refractivity contribution in [2.45, 2.75) is 39.2 Å². The van der Waals surface area contributed by atoms with Gasteiger partial charge in [0.25, 0.3) is 0 Å². The summed E-state index contributed by atoms with van der Waals surface area (Å²) >= 11 is 0. The van der Waals surface area contributed by atoms with Gasteiger partial charge in [-0.3, -0.25) is 9.59 Å². The molecule has 0 spiro atoms.